The van der Waals surface area contributed by atoms with Crippen LogP contribution in [0.4, 0.5) is 10.1 Å². The Morgan fingerprint density at radius 3 is 2.27 bits per heavy atom. The smallest absolute Gasteiger partial charge is 0.186 e. The third-order valence-corrected chi connectivity index (χ3v) is 8.83. The van der Waals surface area contributed by atoms with Crippen LogP contribution in [-0.2, 0) is 0 Å². The van der Waals surface area contributed by atoms with Gasteiger partial charge >= 0.3 is 0 Å². The first-order chi connectivity index (χ1) is 19.9. The van der Waals surface area contributed by atoms with E-state index >= 15 is 0 Å². The Kier molecular flexibility index (Phi) is 5.58. The van der Waals surface area contributed by atoms with Crippen molar-refractivity contribution in [3.8, 4) is 5.75 Å². The Labute approximate surface area is 236 Å². The molecule has 0 saturated carbocycles. The minimum absolute atomic E-state index is 0.251. The molecule has 3 atom stereocenters. The van der Waals surface area contributed by atoms with E-state index in [9.17, 15) is 18.8 Å². The summed E-state index contributed by atoms with van der Waals surface area (Å²) in [5.41, 5.74) is 2.45. The molecule has 2 aliphatic heterocycles. The van der Waals surface area contributed by atoms with E-state index in [1.807, 2.05) is 36.1 Å². The van der Waals surface area contributed by atoms with E-state index in [1.165, 1.54) is 19.2 Å². The zero-order valence-corrected chi connectivity index (χ0v) is 22.5. The second-order valence-electron chi connectivity index (χ2n) is 10.9. The number of benzene rings is 4. The lowest BCUT2D eigenvalue weighted by Gasteiger charge is -2.37. The van der Waals surface area contributed by atoms with Crippen LogP contribution < -0.4 is 9.64 Å². The van der Waals surface area contributed by atoms with Crippen molar-refractivity contribution in [2.24, 2.45) is 5.41 Å². The number of anilines is 1. The topological polar surface area (TPSA) is 63.7 Å². The molecule has 0 unspecified atom stereocenters. The lowest BCUT2D eigenvalue weighted by molar-refractivity contribution is 0.0666. The van der Waals surface area contributed by atoms with Gasteiger partial charge in [0.2, 0.25) is 0 Å². The number of hydrogen-bond acceptors (Lipinski definition) is 5. The van der Waals surface area contributed by atoms with E-state index in [0.29, 0.717) is 33.7 Å². The lowest BCUT2D eigenvalue weighted by Crippen LogP contribution is -2.48. The van der Waals surface area contributed by atoms with Gasteiger partial charge in [0.05, 0.1) is 13.2 Å². The van der Waals surface area contributed by atoms with Gasteiger partial charge in [0.15, 0.2) is 17.3 Å². The summed E-state index contributed by atoms with van der Waals surface area (Å²) in [7, 11) is 1.53. The molecule has 6 heteroatoms. The van der Waals surface area contributed by atoms with Gasteiger partial charge in [-0.2, -0.15) is 0 Å². The summed E-state index contributed by atoms with van der Waals surface area (Å²) in [4.78, 5) is 45.9. The summed E-state index contributed by atoms with van der Waals surface area (Å²) in [6.45, 7) is 1.96. The Balaban J connectivity index is 1.54. The van der Waals surface area contributed by atoms with Crippen LogP contribution in [0.2, 0.25) is 0 Å². The van der Waals surface area contributed by atoms with E-state index in [2.05, 4.69) is 0 Å². The van der Waals surface area contributed by atoms with Crippen molar-refractivity contribution >= 4 is 29.1 Å². The quantitative estimate of drug-likeness (QED) is 0.218. The largest absolute Gasteiger partial charge is 0.497 e. The van der Waals surface area contributed by atoms with Crippen molar-refractivity contribution in [1.29, 1.82) is 0 Å². The number of rotatable bonds is 4. The van der Waals surface area contributed by atoms with Crippen LogP contribution in [0.3, 0.4) is 0 Å². The highest BCUT2D eigenvalue weighted by Gasteiger charge is 2.71. The van der Waals surface area contributed by atoms with Gasteiger partial charge in [-0.3, -0.25) is 14.4 Å². The van der Waals surface area contributed by atoms with Gasteiger partial charge in [-0.1, -0.05) is 78.4 Å². The average Bonchev–Trinajstić information content (AvgIpc) is 3.43. The SMILES string of the molecule is COc1cccc(C(=O)[C@@H]2[C@@H](c3ccc(C)cc3)C3(C(=O)c4ccccc4C3=O)[C@H]3C=Cc4cc(F)ccc4N23)c1. The van der Waals surface area contributed by atoms with Crippen LogP contribution in [0.25, 0.3) is 6.08 Å². The Hall–Kier alpha value is -4.84. The number of halogens is 1. The first kappa shape index (κ1) is 25.1. The highest BCUT2D eigenvalue weighted by atomic mass is 19.1. The van der Waals surface area contributed by atoms with Crippen molar-refractivity contribution in [2.75, 3.05) is 12.0 Å². The summed E-state index contributed by atoms with van der Waals surface area (Å²) in [6, 6.07) is 24.2. The number of carbonyl (C=O) groups excluding carboxylic acids is 3. The molecule has 1 saturated heterocycles. The molecule has 0 aromatic heterocycles. The molecule has 5 nitrogen and oxygen atoms in total. The first-order valence-electron chi connectivity index (χ1n) is 13.6. The average molecular weight is 544 g/mol. The number of methoxy groups -OCH3 is 1. The molecule has 202 valence electrons. The Morgan fingerprint density at radius 1 is 0.878 bits per heavy atom. The molecular formula is C35H26FNO4. The molecule has 1 fully saturated rings. The molecule has 4 aromatic carbocycles. The fourth-order valence-corrected chi connectivity index (χ4v) is 7.04. The number of hydrogen-bond donors (Lipinski definition) is 0. The molecule has 3 aliphatic rings. The van der Waals surface area contributed by atoms with Gasteiger partial charge < -0.3 is 9.64 Å². The highest BCUT2D eigenvalue weighted by Crippen LogP contribution is 2.61. The maximum Gasteiger partial charge on any atom is 0.186 e. The van der Waals surface area contributed by atoms with Crippen LogP contribution in [0.15, 0.2) is 97.1 Å². The molecular weight excluding hydrogens is 517 g/mol. The number of ketones is 3. The highest BCUT2D eigenvalue weighted by molar-refractivity contribution is 6.32. The van der Waals surface area contributed by atoms with Crippen LogP contribution >= 0.6 is 0 Å². The second-order valence-corrected chi connectivity index (χ2v) is 10.9. The lowest BCUT2D eigenvalue weighted by atomic mass is 9.64. The van der Waals surface area contributed by atoms with Crippen molar-refractivity contribution in [3.63, 3.8) is 0 Å². The molecule has 0 N–H and O–H groups in total. The minimum atomic E-state index is -1.60. The Bertz CT molecular complexity index is 1760. The van der Waals surface area contributed by atoms with Crippen molar-refractivity contribution in [3.05, 3.63) is 136 Å². The van der Waals surface area contributed by atoms with Crippen LogP contribution in [-0.4, -0.2) is 36.5 Å². The zero-order chi connectivity index (χ0) is 28.5. The molecule has 41 heavy (non-hydrogen) atoms. The standard InChI is InChI=1S/C35H26FNO4/c1-20-10-12-21(13-11-20)30-31(32(38)23-6-5-7-25(19-23)41-2)37-28-16-15-24(36)18-22(28)14-17-29(37)35(30)33(39)26-8-3-4-9-27(26)34(35)40/h3-19,29-31H,1-2H3/t29-,30-,31+/m1/s1. The molecule has 0 bridgehead atoms. The van der Waals surface area contributed by atoms with Crippen LogP contribution in [0.5, 0.6) is 5.75 Å². The van der Waals surface area contributed by atoms with Gasteiger partial charge in [0.1, 0.15) is 23.0 Å². The van der Waals surface area contributed by atoms with Gasteiger partial charge in [-0.15, -0.1) is 0 Å². The molecule has 0 amide bonds. The van der Waals surface area contributed by atoms with Crippen molar-refractivity contribution in [2.45, 2.75) is 24.9 Å². The zero-order valence-electron chi connectivity index (χ0n) is 22.5. The van der Waals surface area contributed by atoms with E-state index in [1.54, 1.807) is 66.7 Å². The Morgan fingerprint density at radius 2 is 1.59 bits per heavy atom. The molecule has 1 spiro atoms. The maximum absolute atomic E-state index is 14.7. The summed E-state index contributed by atoms with van der Waals surface area (Å²) < 4.78 is 19.8. The molecule has 1 aliphatic carbocycles. The van der Waals surface area contributed by atoms with E-state index in [-0.39, 0.29) is 17.3 Å². The molecule has 0 radical (unpaired) electrons. The van der Waals surface area contributed by atoms with E-state index in [4.69, 9.17) is 4.74 Å². The van der Waals surface area contributed by atoms with Crippen LogP contribution in [0.1, 0.15) is 53.7 Å². The summed E-state index contributed by atoms with van der Waals surface area (Å²) >= 11 is 0. The number of ether oxygens (including phenoxy) is 1. The number of carbonyl (C=O) groups is 3. The van der Waals surface area contributed by atoms with Crippen LogP contribution in [0, 0.1) is 18.2 Å². The molecule has 2 heterocycles. The maximum atomic E-state index is 14.7. The van der Waals surface area contributed by atoms with Crippen molar-refractivity contribution < 1.29 is 23.5 Å². The minimum Gasteiger partial charge on any atom is -0.497 e. The third-order valence-electron chi connectivity index (χ3n) is 8.83. The number of Topliss-reactive ketones (excluding diaryl/α,β-unsaturated/α-hetero) is 3. The normalized spacial score (nSPS) is 21.5. The molecule has 7 rings (SSSR count). The third kappa shape index (κ3) is 3.43. The summed E-state index contributed by atoms with van der Waals surface area (Å²) in [5, 5.41) is 0. The molecule has 4 aromatic rings. The first-order valence-corrected chi connectivity index (χ1v) is 13.6. The number of nitrogens with zero attached hydrogens (tertiary/aromatic N) is 1. The predicted octanol–water partition coefficient (Wildman–Crippen LogP) is 6.46. The summed E-state index contributed by atoms with van der Waals surface area (Å²) in [5.74, 6) is -1.55. The monoisotopic (exact) mass is 543 g/mol. The van der Waals surface area contributed by atoms with E-state index < -0.39 is 29.2 Å². The van der Waals surface area contributed by atoms with Gasteiger partial charge in [-0.25, -0.2) is 4.39 Å². The summed E-state index contributed by atoms with van der Waals surface area (Å²) in [6.07, 6.45) is 3.55. The number of aryl methyl sites for hydroxylation is 1. The fraction of sp³-hybridized carbons (Fsp3) is 0.171. The van der Waals surface area contributed by atoms with E-state index in [0.717, 1.165) is 11.1 Å². The van der Waals surface area contributed by atoms with Crippen molar-refractivity contribution in [1.82, 2.24) is 0 Å². The second kappa shape index (κ2) is 9.10. The van der Waals surface area contributed by atoms with Gasteiger partial charge in [-0.05, 0) is 42.8 Å². The fourth-order valence-electron chi connectivity index (χ4n) is 7.04. The van der Waals surface area contributed by atoms with Gasteiger partial charge in [0, 0.05) is 33.9 Å². The number of fused-ring (bicyclic) bond motifs is 5. The predicted molar refractivity (Wildman–Crippen MR) is 154 cm³/mol. The van der Waals surface area contributed by atoms with Gasteiger partial charge in [0.25, 0.3) is 0 Å².